The maximum Gasteiger partial charge on any atom is 0.390 e. The second kappa shape index (κ2) is 7.75. The monoisotopic (exact) mass is 348 g/mol. The maximum absolute atomic E-state index is 12.4. The van der Waals surface area contributed by atoms with E-state index in [4.69, 9.17) is 5.11 Å². The fraction of sp³-hybridized carbons (Fsp3) is 0.429. The first-order valence-electron chi connectivity index (χ1n) is 6.90. The van der Waals surface area contributed by atoms with Crippen molar-refractivity contribution in [2.24, 2.45) is 0 Å². The fourth-order valence-electron chi connectivity index (χ4n) is 2.03. The molecule has 0 atom stereocenters. The Bertz CT molecular complexity index is 646. The quantitative estimate of drug-likeness (QED) is 0.603. The molecular formula is C14H15F3N2O5. The van der Waals surface area contributed by atoms with Crippen molar-refractivity contribution < 1.29 is 32.8 Å². The van der Waals surface area contributed by atoms with Gasteiger partial charge in [-0.1, -0.05) is 13.0 Å². The molecule has 132 valence electrons. The third kappa shape index (κ3) is 5.52. The van der Waals surface area contributed by atoms with Gasteiger partial charge in [-0.3, -0.25) is 19.7 Å². The summed E-state index contributed by atoms with van der Waals surface area (Å²) >= 11 is 0. The number of nitro groups is 1. The minimum absolute atomic E-state index is 0.171. The van der Waals surface area contributed by atoms with Gasteiger partial charge in [-0.05, 0) is 12.0 Å². The number of alkyl halides is 3. The van der Waals surface area contributed by atoms with Gasteiger partial charge in [0.1, 0.15) is 6.54 Å². The minimum Gasteiger partial charge on any atom is -0.480 e. The Kier molecular flexibility index (Phi) is 6.27. The van der Waals surface area contributed by atoms with Crippen molar-refractivity contribution in [2.75, 3.05) is 13.1 Å². The van der Waals surface area contributed by atoms with Crippen molar-refractivity contribution in [3.8, 4) is 0 Å². The molecule has 0 aliphatic rings. The highest BCUT2D eigenvalue weighted by molar-refractivity contribution is 5.97. The molecule has 0 radical (unpaired) electrons. The second-order valence-electron chi connectivity index (χ2n) is 4.94. The van der Waals surface area contributed by atoms with Gasteiger partial charge in [-0.2, -0.15) is 13.2 Å². The second-order valence-corrected chi connectivity index (χ2v) is 4.94. The molecule has 1 N–H and O–H groups in total. The maximum atomic E-state index is 12.4. The molecule has 0 unspecified atom stereocenters. The van der Waals surface area contributed by atoms with E-state index in [2.05, 4.69) is 0 Å². The number of carbonyl (C=O) groups excluding carboxylic acids is 1. The molecule has 0 fully saturated rings. The summed E-state index contributed by atoms with van der Waals surface area (Å²) in [6, 6.07) is 3.45. The van der Waals surface area contributed by atoms with Gasteiger partial charge in [-0.15, -0.1) is 0 Å². The number of non-ortho nitro benzene ring substituents is 1. The van der Waals surface area contributed by atoms with Gasteiger partial charge >= 0.3 is 12.1 Å². The molecule has 0 aromatic heterocycles. The van der Waals surface area contributed by atoms with E-state index in [-0.39, 0.29) is 5.56 Å². The Morgan fingerprint density at radius 3 is 2.42 bits per heavy atom. The third-order valence-corrected chi connectivity index (χ3v) is 3.19. The third-order valence-electron chi connectivity index (χ3n) is 3.19. The lowest BCUT2D eigenvalue weighted by Gasteiger charge is -2.22. The predicted octanol–water partition coefficient (Wildman–Crippen LogP) is 2.64. The van der Waals surface area contributed by atoms with Crippen molar-refractivity contribution in [1.82, 2.24) is 4.90 Å². The van der Waals surface area contributed by atoms with Crippen LogP contribution in [0, 0.1) is 10.1 Å². The molecular weight excluding hydrogens is 333 g/mol. The van der Waals surface area contributed by atoms with E-state index in [1.807, 2.05) is 0 Å². The van der Waals surface area contributed by atoms with Gasteiger partial charge in [0, 0.05) is 24.2 Å². The standard InChI is InChI=1S/C14H15F3N2O5/c1-2-9-3-4-10(19(23)24)7-11(9)13(22)18(8-12(20)21)6-5-14(15,16)17/h3-4,7H,2,5-6,8H2,1H3,(H,20,21). The number of aryl methyl sites for hydroxylation is 1. The zero-order valence-electron chi connectivity index (χ0n) is 12.7. The molecule has 0 bridgehead atoms. The van der Waals surface area contributed by atoms with Gasteiger partial charge in [0.2, 0.25) is 0 Å². The SMILES string of the molecule is CCc1ccc([N+](=O)[O-])cc1C(=O)N(CCC(F)(F)F)CC(=O)O. The molecule has 10 heteroatoms. The first-order chi connectivity index (χ1) is 11.0. The summed E-state index contributed by atoms with van der Waals surface area (Å²) in [6.07, 6.45) is -5.63. The summed E-state index contributed by atoms with van der Waals surface area (Å²) < 4.78 is 37.1. The summed E-state index contributed by atoms with van der Waals surface area (Å²) in [4.78, 5) is 33.8. The number of benzene rings is 1. The number of carboxylic acids is 1. The molecule has 0 spiro atoms. The molecule has 0 aliphatic carbocycles. The molecule has 7 nitrogen and oxygen atoms in total. The summed E-state index contributed by atoms with van der Waals surface area (Å²) in [7, 11) is 0. The van der Waals surface area contributed by atoms with Crippen LogP contribution in [-0.2, 0) is 11.2 Å². The van der Waals surface area contributed by atoms with E-state index in [0.29, 0.717) is 16.9 Å². The van der Waals surface area contributed by atoms with E-state index < -0.39 is 48.2 Å². The van der Waals surface area contributed by atoms with Crippen LogP contribution in [0.2, 0.25) is 0 Å². The Hall–Kier alpha value is -2.65. The smallest absolute Gasteiger partial charge is 0.390 e. The summed E-state index contributed by atoms with van der Waals surface area (Å²) in [5.74, 6) is -2.46. The molecule has 1 rings (SSSR count). The van der Waals surface area contributed by atoms with E-state index in [1.54, 1.807) is 6.92 Å². The Labute approximate surface area is 134 Å². The molecule has 0 saturated heterocycles. The first-order valence-corrected chi connectivity index (χ1v) is 6.90. The number of hydrogen-bond donors (Lipinski definition) is 1. The normalized spacial score (nSPS) is 11.2. The highest BCUT2D eigenvalue weighted by Gasteiger charge is 2.31. The van der Waals surface area contributed by atoms with E-state index >= 15 is 0 Å². The Morgan fingerprint density at radius 2 is 1.96 bits per heavy atom. The Balaban J connectivity index is 3.18. The van der Waals surface area contributed by atoms with Crippen molar-refractivity contribution in [3.63, 3.8) is 0 Å². The van der Waals surface area contributed by atoms with Crippen LogP contribution in [0.4, 0.5) is 18.9 Å². The summed E-state index contributed by atoms with van der Waals surface area (Å²) in [6.45, 7) is -0.115. The van der Waals surface area contributed by atoms with Crippen molar-refractivity contribution in [2.45, 2.75) is 25.9 Å². The van der Waals surface area contributed by atoms with Gasteiger partial charge in [-0.25, -0.2) is 0 Å². The average molecular weight is 348 g/mol. The van der Waals surface area contributed by atoms with Crippen LogP contribution in [0.1, 0.15) is 29.3 Å². The first kappa shape index (κ1) is 19.4. The number of hydrogen-bond acceptors (Lipinski definition) is 4. The van der Waals surface area contributed by atoms with Crippen LogP contribution in [0.15, 0.2) is 18.2 Å². The molecule has 1 aromatic carbocycles. The molecule has 0 heterocycles. The molecule has 1 amide bonds. The van der Waals surface area contributed by atoms with Crippen LogP contribution in [0.25, 0.3) is 0 Å². The summed E-state index contributed by atoms with van der Waals surface area (Å²) in [5, 5.41) is 19.6. The zero-order chi connectivity index (χ0) is 18.5. The largest absolute Gasteiger partial charge is 0.480 e. The number of halogens is 3. The number of aliphatic carboxylic acids is 1. The van der Waals surface area contributed by atoms with Crippen LogP contribution >= 0.6 is 0 Å². The highest BCUT2D eigenvalue weighted by Crippen LogP contribution is 2.23. The lowest BCUT2D eigenvalue weighted by atomic mass is 10.0. The van der Waals surface area contributed by atoms with Crippen LogP contribution in [-0.4, -0.2) is 46.1 Å². The highest BCUT2D eigenvalue weighted by atomic mass is 19.4. The number of rotatable bonds is 7. The van der Waals surface area contributed by atoms with Crippen molar-refractivity contribution >= 4 is 17.6 Å². The predicted molar refractivity (Wildman–Crippen MR) is 76.7 cm³/mol. The summed E-state index contributed by atoms with van der Waals surface area (Å²) in [5.41, 5.74) is -0.190. The van der Waals surface area contributed by atoms with Gasteiger partial charge in [0.05, 0.1) is 11.3 Å². The lowest BCUT2D eigenvalue weighted by molar-refractivity contribution is -0.384. The van der Waals surface area contributed by atoms with E-state index in [1.165, 1.54) is 12.1 Å². The van der Waals surface area contributed by atoms with E-state index in [9.17, 15) is 32.9 Å². The molecule has 24 heavy (non-hydrogen) atoms. The number of amides is 1. The lowest BCUT2D eigenvalue weighted by Crippen LogP contribution is -2.38. The zero-order valence-corrected chi connectivity index (χ0v) is 12.7. The topological polar surface area (TPSA) is 101 Å². The molecule has 0 saturated carbocycles. The number of nitro benzene ring substituents is 1. The van der Waals surface area contributed by atoms with Gasteiger partial charge < -0.3 is 10.0 Å². The Morgan fingerprint density at radius 1 is 1.33 bits per heavy atom. The van der Waals surface area contributed by atoms with Crippen LogP contribution < -0.4 is 0 Å². The number of nitrogens with zero attached hydrogens (tertiary/aromatic N) is 2. The van der Waals surface area contributed by atoms with E-state index in [0.717, 1.165) is 6.07 Å². The van der Waals surface area contributed by atoms with Crippen molar-refractivity contribution in [3.05, 3.63) is 39.4 Å². The average Bonchev–Trinajstić information content (AvgIpc) is 2.48. The van der Waals surface area contributed by atoms with Crippen LogP contribution in [0.5, 0.6) is 0 Å². The van der Waals surface area contributed by atoms with Gasteiger partial charge in [0.15, 0.2) is 0 Å². The van der Waals surface area contributed by atoms with Crippen LogP contribution in [0.3, 0.4) is 0 Å². The van der Waals surface area contributed by atoms with Gasteiger partial charge in [0.25, 0.3) is 11.6 Å². The van der Waals surface area contributed by atoms with Crippen molar-refractivity contribution in [1.29, 1.82) is 0 Å². The number of carboxylic acid groups (broad SMARTS) is 1. The number of carbonyl (C=O) groups is 2. The molecule has 0 aliphatic heterocycles. The fourth-order valence-corrected chi connectivity index (χ4v) is 2.03. The minimum atomic E-state index is -4.56. The molecule has 1 aromatic rings.